The molecule has 0 aliphatic heterocycles. The van der Waals surface area contributed by atoms with Crippen LogP contribution < -0.4 is 9.62 Å². The summed E-state index contributed by atoms with van der Waals surface area (Å²) in [6, 6.07) is 14.0. The van der Waals surface area contributed by atoms with Crippen molar-refractivity contribution in [1.29, 1.82) is 0 Å². The molecule has 2 aromatic rings. The van der Waals surface area contributed by atoms with Gasteiger partial charge in [-0.1, -0.05) is 54.9 Å². The van der Waals surface area contributed by atoms with Gasteiger partial charge < -0.3 is 10.2 Å². The number of hydrogen-bond acceptors (Lipinski definition) is 4. The van der Waals surface area contributed by atoms with Gasteiger partial charge in [0.1, 0.15) is 6.04 Å². The van der Waals surface area contributed by atoms with Crippen molar-refractivity contribution in [2.75, 3.05) is 17.1 Å². The van der Waals surface area contributed by atoms with Crippen LogP contribution in [0.15, 0.2) is 48.5 Å². The number of sulfonamides is 1. The van der Waals surface area contributed by atoms with Gasteiger partial charge in [0.15, 0.2) is 0 Å². The first-order chi connectivity index (χ1) is 16.7. The maximum absolute atomic E-state index is 13.5. The van der Waals surface area contributed by atoms with E-state index in [0.29, 0.717) is 35.7 Å². The van der Waals surface area contributed by atoms with E-state index in [9.17, 15) is 18.0 Å². The van der Waals surface area contributed by atoms with E-state index in [1.54, 1.807) is 30.0 Å². The van der Waals surface area contributed by atoms with Crippen molar-refractivity contribution < 1.29 is 18.0 Å². The van der Waals surface area contributed by atoms with Crippen LogP contribution in [0.4, 0.5) is 5.69 Å². The second kappa shape index (κ2) is 12.6. The average molecular weight is 536 g/mol. The number of hydrogen-bond donors (Lipinski definition) is 1. The molecular weight excluding hydrogens is 498 g/mol. The molecule has 0 bridgehead atoms. The predicted molar refractivity (Wildman–Crippen MR) is 147 cm³/mol. The minimum absolute atomic E-state index is 0.0950. The van der Waals surface area contributed by atoms with Gasteiger partial charge in [-0.05, 0) is 63.8 Å². The SMILES string of the molecule is CCC(C(=O)NC(C)(C)C)N(Cc1ccccc1)C(=O)CCCN(c1cccc(Cl)c1C)S(C)(=O)=O. The Hall–Kier alpha value is -2.58. The van der Waals surface area contributed by atoms with Gasteiger partial charge in [-0.3, -0.25) is 13.9 Å². The van der Waals surface area contributed by atoms with Gasteiger partial charge in [0, 0.05) is 30.1 Å². The van der Waals surface area contributed by atoms with Crippen LogP contribution in [0.5, 0.6) is 0 Å². The van der Waals surface area contributed by atoms with Crippen molar-refractivity contribution in [3.8, 4) is 0 Å². The van der Waals surface area contributed by atoms with E-state index < -0.39 is 21.6 Å². The highest BCUT2D eigenvalue weighted by atomic mass is 35.5. The first kappa shape index (κ1) is 29.6. The molecule has 7 nitrogen and oxygen atoms in total. The summed E-state index contributed by atoms with van der Waals surface area (Å²) >= 11 is 6.22. The molecule has 0 saturated carbocycles. The van der Waals surface area contributed by atoms with E-state index in [4.69, 9.17) is 11.6 Å². The third-order valence-electron chi connectivity index (χ3n) is 5.74. The van der Waals surface area contributed by atoms with Gasteiger partial charge in [-0.2, -0.15) is 0 Å². The number of carbonyl (C=O) groups is 2. The van der Waals surface area contributed by atoms with Crippen LogP contribution in [0, 0.1) is 6.92 Å². The molecule has 198 valence electrons. The zero-order chi connectivity index (χ0) is 27.1. The highest BCUT2D eigenvalue weighted by Gasteiger charge is 2.30. The molecule has 0 heterocycles. The zero-order valence-electron chi connectivity index (χ0n) is 22.0. The fourth-order valence-electron chi connectivity index (χ4n) is 4.00. The Kier molecular flexibility index (Phi) is 10.4. The van der Waals surface area contributed by atoms with Gasteiger partial charge in [0.25, 0.3) is 0 Å². The second-order valence-corrected chi connectivity index (χ2v) is 12.3. The van der Waals surface area contributed by atoms with E-state index in [0.717, 1.165) is 11.8 Å². The molecule has 1 N–H and O–H groups in total. The lowest BCUT2D eigenvalue weighted by Gasteiger charge is -2.33. The van der Waals surface area contributed by atoms with E-state index in [1.807, 2.05) is 58.0 Å². The first-order valence-electron chi connectivity index (χ1n) is 12.1. The fraction of sp³-hybridized carbons (Fsp3) is 0.481. The number of amides is 2. The second-order valence-electron chi connectivity index (χ2n) is 9.99. The smallest absolute Gasteiger partial charge is 0.243 e. The minimum Gasteiger partial charge on any atom is -0.350 e. The molecule has 0 radical (unpaired) electrons. The van der Waals surface area contributed by atoms with E-state index in [2.05, 4.69) is 5.32 Å². The van der Waals surface area contributed by atoms with Gasteiger partial charge in [0.2, 0.25) is 21.8 Å². The summed E-state index contributed by atoms with van der Waals surface area (Å²) < 4.78 is 26.4. The van der Waals surface area contributed by atoms with Gasteiger partial charge in [-0.25, -0.2) is 8.42 Å². The molecule has 36 heavy (non-hydrogen) atoms. The van der Waals surface area contributed by atoms with E-state index in [1.165, 1.54) is 4.31 Å². The average Bonchev–Trinajstić information content (AvgIpc) is 2.77. The lowest BCUT2D eigenvalue weighted by molar-refractivity contribution is -0.142. The summed E-state index contributed by atoms with van der Waals surface area (Å²) in [5.41, 5.74) is 1.64. The number of carbonyl (C=O) groups excluding carboxylic acids is 2. The van der Waals surface area contributed by atoms with Gasteiger partial charge in [0.05, 0.1) is 11.9 Å². The van der Waals surface area contributed by atoms with Crippen molar-refractivity contribution in [3.63, 3.8) is 0 Å². The maximum Gasteiger partial charge on any atom is 0.243 e. The summed E-state index contributed by atoms with van der Waals surface area (Å²) in [4.78, 5) is 28.2. The van der Waals surface area contributed by atoms with Crippen molar-refractivity contribution in [2.45, 2.75) is 72.0 Å². The van der Waals surface area contributed by atoms with Crippen molar-refractivity contribution in [3.05, 3.63) is 64.7 Å². The molecule has 2 rings (SSSR count). The van der Waals surface area contributed by atoms with Crippen molar-refractivity contribution >= 4 is 39.1 Å². The summed E-state index contributed by atoms with van der Waals surface area (Å²) in [5.74, 6) is -0.410. The predicted octanol–water partition coefficient (Wildman–Crippen LogP) is 4.92. The Morgan fingerprint density at radius 1 is 1.06 bits per heavy atom. The Bertz CT molecular complexity index is 1150. The molecule has 0 aromatic heterocycles. The topological polar surface area (TPSA) is 86.8 Å². The lowest BCUT2D eigenvalue weighted by Crippen LogP contribution is -2.53. The quantitative estimate of drug-likeness (QED) is 0.442. The monoisotopic (exact) mass is 535 g/mol. The largest absolute Gasteiger partial charge is 0.350 e. The fourth-order valence-corrected chi connectivity index (χ4v) is 5.19. The number of rotatable bonds is 11. The number of anilines is 1. The van der Waals surface area contributed by atoms with Crippen molar-refractivity contribution in [2.24, 2.45) is 0 Å². The molecule has 1 atom stereocenters. The summed E-state index contributed by atoms with van der Waals surface area (Å²) in [6.07, 6.45) is 1.98. The Balaban J connectivity index is 2.24. The van der Waals surface area contributed by atoms with E-state index >= 15 is 0 Å². The van der Waals surface area contributed by atoms with Crippen LogP contribution in [0.2, 0.25) is 5.02 Å². The van der Waals surface area contributed by atoms with Crippen LogP contribution in [-0.2, 0) is 26.2 Å². The zero-order valence-corrected chi connectivity index (χ0v) is 23.6. The number of nitrogens with zero attached hydrogens (tertiary/aromatic N) is 2. The van der Waals surface area contributed by atoms with E-state index in [-0.39, 0.29) is 24.8 Å². The van der Waals surface area contributed by atoms with Crippen molar-refractivity contribution in [1.82, 2.24) is 10.2 Å². The number of nitrogens with one attached hydrogen (secondary N) is 1. The first-order valence-corrected chi connectivity index (χ1v) is 14.4. The molecule has 0 saturated heterocycles. The third-order valence-corrected chi connectivity index (χ3v) is 7.33. The molecule has 1 unspecified atom stereocenters. The summed E-state index contributed by atoms with van der Waals surface area (Å²) in [5, 5.41) is 3.46. The summed E-state index contributed by atoms with van der Waals surface area (Å²) in [7, 11) is -3.59. The molecule has 0 spiro atoms. The molecular formula is C27H38ClN3O4S. The van der Waals surface area contributed by atoms with Crippen LogP contribution in [0.3, 0.4) is 0 Å². The van der Waals surface area contributed by atoms with Crippen LogP contribution >= 0.6 is 11.6 Å². The maximum atomic E-state index is 13.5. The highest BCUT2D eigenvalue weighted by Crippen LogP contribution is 2.28. The van der Waals surface area contributed by atoms with Crippen LogP contribution in [0.1, 0.15) is 58.1 Å². The third kappa shape index (κ3) is 8.52. The Morgan fingerprint density at radius 2 is 1.69 bits per heavy atom. The molecule has 0 aliphatic carbocycles. The normalized spacial score (nSPS) is 12.6. The Morgan fingerprint density at radius 3 is 2.25 bits per heavy atom. The molecule has 9 heteroatoms. The van der Waals surface area contributed by atoms with Gasteiger partial charge in [-0.15, -0.1) is 0 Å². The van der Waals surface area contributed by atoms with Gasteiger partial charge >= 0.3 is 0 Å². The standard InChI is InChI=1S/C27H38ClN3O4S/c1-7-23(26(33)29-27(3,4)5)30(19-21-13-9-8-10-14-21)25(32)17-12-18-31(36(6,34)35)24-16-11-15-22(28)20(24)2/h8-11,13-16,23H,7,12,17-19H2,1-6H3,(H,29,33). The van der Waals surface area contributed by atoms with Crippen LogP contribution in [0.25, 0.3) is 0 Å². The molecule has 2 aromatic carbocycles. The molecule has 0 fully saturated rings. The summed E-state index contributed by atoms with van der Waals surface area (Å²) in [6.45, 7) is 9.76. The molecule has 0 aliphatic rings. The lowest BCUT2D eigenvalue weighted by atomic mass is 10.0. The number of halogens is 1. The molecule has 2 amide bonds. The Labute approximate surface area is 220 Å². The minimum atomic E-state index is -3.59. The highest BCUT2D eigenvalue weighted by molar-refractivity contribution is 7.92. The van der Waals surface area contributed by atoms with Crippen LogP contribution in [-0.4, -0.2) is 49.5 Å². The number of benzene rings is 2.